The van der Waals surface area contributed by atoms with Crippen molar-refractivity contribution in [3.8, 4) is 16.9 Å². The smallest absolute Gasteiger partial charge is 0.279 e. The van der Waals surface area contributed by atoms with E-state index < -0.39 is 0 Å². The molecule has 0 atom stereocenters. The first kappa shape index (κ1) is 13.5. The Labute approximate surface area is 132 Å². The third-order valence-electron chi connectivity index (χ3n) is 3.70. The van der Waals surface area contributed by atoms with Crippen LogP contribution in [0.2, 0.25) is 0 Å². The van der Waals surface area contributed by atoms with Crippen molar-refractivity contribution in [1.82, 2.24) is 19.7 Å². The van der Waals surface area contributed by atoms with E-state index in [0.717, 1.165) is 16.9 Å². The van der Waals surface area contributed by atoms with Crippen molar-refractivity contribution in [3.05, 3.63) is 76.8 Å². The lowest BCUT2D eigenvalue weighted by atomic mass is 10.1. The summed E-state index contributed by atoms with van der Waals surface area (Å²) in [5.41, 5.74) is 3.41. The third kappa shape index (κ3) is 2.23. The molecule has 0 aliphatic heterocycles. The number of nitrogens with zero attached hydrogens (tertiary/aromatic N) is 3. The number of aromatic amines is 1. The number of nitrogens with one attached hydrogen (secondary N) is 1. The minimum Gasteiger partial charge on any atom is -0.309 e. The van der Waals surface area contributed by atoms with E-state index in [0.29, 0.717) is 16.9 Å². The molecule has 2 heterocycles. The maximum atomic E-state index is 12.3. The number of aryl methyl sites for hydroxylation is 1. The molecule has 0 aliphatic rings. The van der Waals surface area contributed by atoms with E-state index in [2.05, 4.69) is 15.1 Å². The molecular formula is C18H14N4O. The molecule has 0 aliphatic carbocycles. The fourth-order valence-electron chi connectivity index (χ4n) is 2.70. The Morgan fingerprint density at radius 3 is 2.26 bits per heavy atom. The Hall–Kier alpha value is -3.21. The zero-order valence-corrected chi connectivity index (χ0v) is 12.5. The quantitative estimate of drug-likeness (QED) is 0.619. The van der Waals surface area contributed by atoms with Crippen LogP contribution in [-0.2, 0) is 0 Å². The van der Waals surface area contributed by atoms with Gasteiger partial charge in [-0.25, -0.2) is 9.67 Å². The molecule has 0 fully saturated rings. The summed E-state index contributed by atoms with van der Waals surface area (Å²) in [5, 5.41) is 4.51. The summed E-state index contributed by atoms with van der Waals surface area (Å²) in [7, 11) is 0. The van der Waals surface area contributed by atoms with Gasteiger partial charge in [0.15, 0.2) is 5.52 Å². The lowest BCUT2D eigenvalue weighted by Gasteiger charge is -2.07. The van der Waals surface area contributed by atoms with Gasteiger partial charge < -0.3 is 4.98 Å². The first-order valence-corrected chi connectivity index (χ1v) is 7.34. The van der Waals surface area contributed by atoms with Crippen LogP contribution in [0.1, 0.15) is 5.82 Å². The van der Waals surface area contributed by atoms with Crippen LogP contribution < -0.4 is 5.56 Å². The molecular weight excluding hydrogens is 288 g/mol. The fourth-order valence-corrected chi connectivity index (χ4v) is 2.70. The summed E-state index contributed by atoms with van der Waals surface area (Å²) in [6.45, 7) is 1.77. The minimum absolute atomic E-state index is 0.223. The summed E-state index contributed by atoms with van der Waals surface area (Å²) in [5.74, 6) is 0.576. The van der Waals surface area contributed by atoms with Crippen molar-refractivity contribution in [3.63, 3.8) is 0 Å². The number of aromatic nitrogens is 4. The van der Waals surface area contributed by atoms with Crippen LogP contribution in [0.3, 0.4) is 0 Å². The van der Waals surface area contributed by atoms with Crippen LogP contribution in [-0.4, -0.2) is 19.7 Å². The summed E-state index contributed by atoms with van der Waals surface area (Å²) in [6, 6.07) is 19.6. The second-order valence-electron chi connectivity index (χ2n) is 5.31. The first-order chi connectivity index (χ1) is 11.2. The van der Waals surface area contributed by atoms with Gasteiger partial charge in [-0.2, -0.15) is 5.10 Å². The van der Waals surface area contributed by atoms with Gasteiger partial charge in [-0.1, -0.05) is 48.5 Å². The normalized spacial score (nSPS) is 11.0. The van der Waals surface area contributed by atoms with Gasteiger partial charge in [0.2, 0.25) is 0 Å². The highest BCUT2D eigenvalue weighted by atomic mass is 16.1. The molecule has 0 saturated heterocycles. The molecule has 4 aromatic rings. The van der Waals surface area contributed by atoms with E-state index in [-0.39, 0.29) is 5.56 Å². The number of benzene rings is 2. The van der Waals surface area contributed by atoms with Gasteiger partial charge in [-0.15, -0.1) is 0 Å². The molecule has 0 amide bonds. The first-order valence-electron chi connectivity index (χ1n) is 7.34. The number of fused-ring (bicyclic) bond motifs is 1. The minimum atomic E-state index is -0.223. The summed E-state index contributed by atoms with van der Waals surface area (Å²) in [4.78, 5) is 19.5. The Morgan fingerprint density at radius 1 is 0.913 bits per heavy atom. The molecule has 23 heavy (non-hydrogen) atoms. The largest absolute Gasteiger partial charge is 0.309 e. The van der Waals surface area contributed by atoms with Gasteiger partial charge in [0, 0.05) is 5.56 Å². The van der Waals surface area contributed by atoms with Crippen LogP contribution in [0, 0.1) is 6.92 Å². The van der Waals surface area contributed by atoms with Gasteiger partial charge in [-0.05, 0) is 19.1 Å². The van der Waals surface area contributed by atoms with Gasteiger partial charge in [0.25, 0.3) is 5.56 Å². The fraction of sp³-hybridized carbons (Fsp3) is 0.0556. The topological polar surface area (TPSA) is 63.6 Å². The van der Waals surface area contributed by atoms with Gasteiger partial charge in [0.05, 0.1) is 5.69 Å². The Bertz CT molecular complexity index is 1030. The standard InChI is InChI=1S/C18H14N4O/c1-12-19-15-16(18(23)20-12)21-22(14-10-6-3-7-11-14)17(15)13-8-4-2-5-9-13/h2-11H,1H3,(H,19,20,23). The van der Waals surface area contributed by atoms with Gasteiger partial charge in [-0.3, -0.25) is 4.79 Å². The molecule has 5 nitrogen and oxygen atoms in total. The molecule has 0 saturated carbocycles. The second-order valence-corrected chi connectivity index (χ2v) is 5.31. The van der Waals surface area contributed by atoms with Crippen molar-refractivity contribution >= 4 is 11.0 Å². The number of hydrogen-bond donors (Lipinski definition) is 1. The number of H-pyrrole nitrogens is 1. The average molecular weight is 302 g/mol. The predicted octanol–water partition coefficient (Wildman–Crippen LogP) is 3.08. The van der Waals surface area contributed by atoms with Crippen LogP contribution in [0.25, 0.3) is 28.0 Å². The maximum Gasteiger partial charge on any atom is 0.279 e. The molecule has 1 N–H and O–H groups in total. The van der Waals surface area contributed by atoms with Crippen molar-refractivity contribution in [2.45, 2.75) is 6.92 Å². The van der Waals surface area contributed by atoms with Crippen LogP contribution in [0.5, 0.6) is 0 Å². The van der Waals surface area contributed by atoms with Gasteiger partial charge >= 0.3 is 0 Å². The molecule has 0 unspecified atom stereocenters. The van der Waals surface area contributed by atoms with Crippen LogP contribution >= 0.6 is 0 Å². The zero-order chi connectivity index (χ0) is 15.8. The molecule has 0 radical (unpaired) electrons. The average Bonchev–Trinajstić information content (AvgIpc) is 2.96. The van der Waals surface area contributed by atoms with E-state index >= 15 is 0 Å². The molecule has 0 bridgehead atoms. The SMILES string of the molecule is Cc1nc2c(-c3ccccc3)n(-c3ccccc3)nc2c(=O)[nH]1. The van der Waals surface area contributed by atoms with E-state index in [9.17, 15) is 4.79 Å². The Morgan fingerprint density at radius 2 is 1.57 bits per heavy atom. The van der Waals surface area contributed by atoms with E-state index in [1.807, 2.05) is 60.7 Å². The van der Waals surface area contributed by atoms with E-state index in [1.165, 1.54) is 0 Å². The highest BCUT2D eigenvalue weighted by Gasteiger charge is 2.18. The monoisotopic (exact) mass is 302 g/mol. The third-order valence-corrected chi connectivity index (χ3v) is 3.70. The second kappa shape index (κ2) is 5.21. The van der Waals surface area contributed by atoms with Crippen molar-refractivity contribution < 1.29 is 0 Å². The molecule has 5 heteroatoms. The molecule has 0 spiro atoms. The number of para-hydroxylation sites is 1. The molecule has 2 aromatic heterocycles. The van der Waals surface area contributed by atoms with Crippen molar-refractivity contribution in [2.24, 2.45) is 0 Å². The summed E-state index contributed by atoms with van der Waals surface area (Å²) >= 11 is 0. The van der Waals surface area contributed by atoms with Gasteiger partial charge in [0.1, 0.15) is 17.0 Å². The summed E-state index contributed by atoms with van der Waals surface area (Å²) < 4.78 is 1.78. The molecule has 2 aromatic carbocycles. The lowest BCUT2D eigenvalue weighted by molar-refractivity contribution is 0.900. The predicted molar refractivity (Wildman–Crippen MR) is 89.7 cm³/mol. The Balaban J connectivity index is 2.14. The molecule has 112 valence electrons. The maximum absolute atomic E-state index is 12.3. The van der Waals surface area contributed by atoms with E-state index in [4.69, 9.17) is 0 Å². The highest BCUT2D eigenvalue weighted by Crippen LogP contribution is 2.28. The van der Waals surface area contributed by atoms with E-state index in [1.54, 1.807) is 11.6 Å². The summed E-state index contributed by atoms with van der Waals surface area (Å²) in [6.07, 6.45) is 0. The lowest BCUT2D eigenvalue weighted by Crippen LogP contribution is -2.09. The van der Waals surface area contributed by atoms with Crippen molar-refractivity contribution in [1.29, 1.82) is 0 Å². The number of hydrogen-bond acceptors (Lipinski definition) is 3. The van der Waals surface area contributed by atoms with Crippen LogP contribution in [0.15, 0.2) is 65.5 Å². The Kier molecular flexibility index (Phi) is 3.05. The highest BCUT2D eigenvalue weighted by molar-refractivity contribution is 5.90. The number of rotatable bonds is 2. The van der Waals surface area contributed by atoms with Crippen LogP contribution in [0.4, 0.5) is 0 Å². The van der Waals surface area contributed by atoms with Crippen molar-refractivity contribution in [2.75, 3.05) is 0 Å². The zero-order valence-electron chi connectivity index (χ0n) is 12.5. The molecule has 4 rings (SSSR count).